The summed E-state index contributed by atoms with van der Waals surface area (Å²) in [4.78, 5) is 12.9. The van der Waals surface area contributed by atoms with Crippen molar-refractivity contribution < 1.29 is 9.26 Å². The zero-order valence-corrected chi connectivity index (χ0v) is 16.1. The molecule has 7 nitrogen and oxygen atoms in total. The number of benzene rings is 1. The van der Waals surface area contributed by atoms with Crippen LogP contribution in [0.1, 0.15) is 49.7 Å². The van der Waals surface area contributed by atoms with Crippen LogP contribution < -0.4 is 10.1 Å². The molecule has 1 saturated carbocycles. The molecule has 2 aromatic heterocycles. The monoisotopic (exact) mass is 379 g/mol. The van der Waals surface area contributed by atoms with E-state index in [1.54, 1.807) is 13.3 Å². The van der Waals surface area contributed by atoms with E-state index in [0.29, 0.717) is 11.9 Å². The minimum atomic E-state index is 0.376. The summed E-state index contributed by atoms with van der Waals surface area (Å²) in [5.74, 6) is 2.24. The Hall–Kier alpha value is -2.96. The molecular weight excluding hydrogens is 354 g/mol. The van der Waals surface area contributed by atoms with Crippen molar-refractivity contribution in [1.29, 1.82) is 0 Å². The number of methoxy groups -OCH3 is 1. The highest BCUT2D eigenvalue weighted by molar-refractivity contribution is 5.64. The number of hydrogen-bond donors (Lipinski definition) is 1. The fraction of sp³-hybridized carbons (Fsp3) is 0.429. The van der Waals surface area contributed by atoms with Gasteiger partial charge in [0, 0.05) is 36.3 Å². The van der Waals surface area contributed by atoms with E-state index in [1.807, 2.05) is 18.2 Å². The van der Waals surface area contributed by atoms with Crippen LogP contribution in [0.2, 0.25) is 0 Å². The van der Waals surface area contributed by atoms with Crippen LogP contribution in [-0.4, -0.2) is 33.8 Å². The fourth-order valence-corrected chi connectivity index (χ4v) is 3.08. The van der Waals surface area contributed by atoms with Crippen molar-refractivity contribution in [3.63, 3.8) is 0 Å². The number of nitrogens with zero attached hydrogens (tertiary/aromatic N) is 4. The molecule has 7 heteroatoms. The largest absolute Gasteiger partial charge is 0.467 e. The fourth-order valence-electron chi connectivity index (χ4n) is 3.08. The summed E-state index contributed by atoms with van der Waals surface area (Å²) >= 11 is 0. The summed E-state index contributed by atoms with van der Waals surface area (Å²) in [6.45, 7) is 0.924. The van der Waals surface area contributed by atoms with Gasteiger partial charge in [-0.2, -0.15) is 9.97 Å². The van der Waals surface area contributed by atoms with Crippen LogP contribution in [0.5, 0.6) is 6.01 Å². The molecule has 28 heavy (non-hydrogen) atoms. The van der Waals surface area contributed by atoms with Crippen molar-refractivity contribution in [3.05, 3.63) is 48.2 Å². The van der Waals surface area contributed by atoms with Crippen LogP contribution in [0.4, 0.5) is 5.69 Å². The third kappa shape index (κ3) is 4.85. The lowest BCUT2D eigenvalue weighted by Crippen LogP contribution is -2.02. The number of aromatic nitrogens is 4. The summed E-state index contributed by atoms with van der Waals surface area (Å²) in [5.41, 5.74) is 2.97. The highest BCUT2D eigenvalue weighted by atomic mass is 16.5. The highest BCUT2D eigenvalue weighted by Crippen LogP contribution is 2.38. The Labute approximate surface area is 164 Å². The molecule has 1 aromatic carbocycles. The maximum absolute atomic E-state index is 5.32. The Kier molecular flexibility index (Phi) is 5.80. The van der Waals surface area contributed by atoms with E-state index in [2.05, 4.69) is 37.6 Å². The topological polar surface area (TPSA) is 86.0 Å². The van der Waals surface area contributed by atoms with Crippen LogP contribution >= 0.6 is 0 Å². The summed E-state index contributed by atoms with van der Waals surface area (Å²) in [6, 6.07) is 10.5. The van der Waals surface area contributed by atoms with E-state index in [1.165, 1.54) is 12.8 Å². The third-order valence-corrected chi connectivity index (χ3v) is 4.80. The third-order valence-electron chi connectivity index (χ3n) is 4.80. The normalized spacial score (nSPS) is 13.5. The zero-order chi connectivity index (χ0) is 19.2. The number of anilines is 1. The predicted molar refractivity (Wildman–Crippen MR) is 106 cm³/mol. The standard InChI is InChI=1S/C21H25N5O2/c1-27-21-23-13-11-18(24-21)16-6-5-7-17(14-16)22-12-4-2-3-8-19-25-20(26-28-19)15-9-10-15/h5-7,11,13-15,22H,2-4,8-10,12H2,1H3. The van der Waals surface area contributed by atoms with E-state index in [4.69, 9.17) is 9.26 Å². The average molecular weight is 379 g/mol. The molecule has 0 spiro atoms. The minimum absolute atomic E-state index is 0.376. The van der Waals surface area contributed by atoms with Crippen LogP contribution in [-0.2, 0) is 6.42 Å². The lowest BCUT2D eigenvalue weighted by atomic mass is 10.1. The SMILES string of the molecule is COc1nccc(-c2cccc(NCCCCCc3nc(C4CC4)no3)c2)n1. The second-order valence-corrected chi connectivity index (χ2v) is 7.07. The maximum Gasteiger partial charge on any atom is 0.316 e. The van der Waals surface area contributed by atoms with Gasteiger partial charge in [0.1, 0.15) is 0 Å². The van der Waals surface area contributed by atoms with Crippen LogP contribution in [0.25, 0.3) is 11.3 Å². The minimum Gasteiger partial charge on any atom is -0.467 e. The van der Waals surface area contributed by atoms with E-state index < -0.39 is 0 Å². The van der Waals surface area contributed by atoms with Crippen molar-refractivity contribution in [2.45, 2.75) is 44.4 Å². The first-order valence-electron chi connectivity index (χ1n) is 9.85. The lowest BCUT2D eigenvalue weighted by Gasteiger charge is -2.08. The van der Waals surface area contributed by atoms with E-state index in [9.17, 15) is 0 Å². The van der Waals surface area contributed by atoms with Crippen LogP contribution in [0.3, 0.4) is 0 Å². The predicted octanol–water partition coefficient (Wildman–Crippen LogP) is 4.24. The smallest absolute Gasteiger partial charge is 0.316 e. The molecular formula is C21H25N5O2. The highest BCUT2D eigenvalue weighted by Gasteiger charge is 2.28. The molecule has 1 aliphatic rings. The Bertz CT molecular complexity index is 907. The first-order chi connectivity index (χ1) is 13.8. The molecule has 1 aliphatic carbocycles. The number of ether oxygens (including phenoxy) is 1. The van der Waals surface area contributed by atoms with Gasteiger partial charge in [-0.15, -0.1) is 0 Å². The van der Waals surface area contributed by atoms with Gasteiger partial charge in [0.15, 0.2) is 5.82 Å². The van der Waals surface area contributed by atoms with Gasteiger partial charge in [-0.1, -0.05) is 23.7 Å². The molecule has 1 N–H and O–H groups in total. The molecule has 2 heterocycles. The van der Waals surface area contributed by atoms with Crippen molar-refractivity contribution >= 4 is 5.69 Å². The summed E-state index contributed by atoms with van der Waals surface area (Å²) in [7, 11) is 1.57. The summed E-state index contributed by atoms with van der Waals surface area (Å²) in [6.07, 6.45) is 8.26. The zero-order valence-electron chi connectivity index (χ0n) is 16.1. The van der Waals surface area contributed by atoms with Crippen molar-refractivity contribution in [2.75, 3.05) is 19.0 Å². The molecule has 0 saturated heterocycles. The van der Waals surface area contributed by atoms with E-state index >= 15 is 0 Å². The molecule has 1 fully saturated rings. The molecule has 146 valence electrons. The molecule has 3 aromatic rings. The quantitative estimate of drug-likeness (QED) is 0.527. The maximum atomic E-state index is 5.32. The van der Waals surface area contributed by atoms with Crippen LogP contribution in [0, 0.1) is 0 Å². The summed E-state index contributed by atoms with van der Waals surface area (Å²) in [5, 5.41) is 7.54. The Balaban J connectivity index is 1.20. The van der Waals surface area contributed by atoms with Gasteiger partial charge in [-0.25, -0.2) is 4.98 Å². The second kappa shape index (κ2) is 8.82. The van der Waals surface area contributed by atoms with Gasteiger partial charge >= 0.3 is 6.01 Å². The van der Waals surface area contributed by atoms with E-state index in [-0.39, 0.29) is 0 Å². The Morgan fingerprint density at radius 1 is 1.14 bits per heavy atom. The first-order valence-corrected chi connectivity index (χ1v) is 9.85. The van der Waals surface area contributed by atoms with Gasteiger partial charge in [0.2, 0.25) is 5.89 Å². The summed E-state index contributed by atoms with van der Waals surface area (Å²) < 4.78 is 10.4. The Morgan fingerprint density at radius 3 is 2.93 bits per heavy atom. The molecule has 4 rings (SSSR count). The molecule has 0 bridgehead atoms. The number of hydrogen-bond acceptors (Lipinski definition) is 7. The molecule has 0 unspecified atom stereocenters. The number of nitrogens with one attached hydrogen (secondary N) is 1. The van der Waals surface area contributed by atoms with Gasteiger partial charge < -0.3 is 14.6 Å². The van der Waals surface area contributed by atoms with E-state index in [0.717, 1.165) is 60.9 Å². The van der Waals surface area contributed by atoms with Crippen molar-refractivity contribution in [1.82, 2.24) is 20.1 Å². The van der Waals surface area contributed by atoms with Gasteiger partial charge in [-0.3, -0.25) is 0 Å². The van der Waals surface area contributed by atoms with Gasteiger partial charge in [0.25, 0.3) is 0 Å². The first kappa shape index (κ1) is 18.4. The molecule has 0 amide bonds. The Morgan fingerprint density at radius 2 is 2.07 bits per heavy atom. The number of rotatable bonds is 10. The van der Waals surface area contributed by atoms with Crippen molar-refractivity contribution in [3.8, 4) is 17.3 Å². The molecule has 0 atom stereocenters. The van der Waals surface area contributed by atoms with Crippen LogP contribution in [0.15, 0.2) is 41.1 Å². The van der Waals surface area contributed by atoms with Crippen molar-refractivity contribution in [2.24, 2.45) is 0 Å². The van der Waals surface area contributed by atoms with Gasteiger partial charge in [0.05, 0.1) is 12.8 Å². The van der Waals surface area contributed by atoms with Gasteiger partial charge in [-0.05, 0) is 43.9 Å². The number of unbranched alkanes of at least 4 members (excludes halogenated alkanes) is 2. The second-order valence-electron chi connectivity index (χ2n) is 7.07. The molecule has 0 radical (unpaired) electrons. The average Bonchev–Trinajstić information content (AvgIpc) is 3.49. The lowest BCUT2D eigenvalue weighted by molar-refractivity contribution is 0.369. The number of aryl methyl sites for hydroxylation is 1. The molecule has 0 aliphatic heterocycles.